The maximum absolute atomic E-state index is 10.2. The smallest absolute Gasteiger partial charge is 0.0581 e. The van der Waals surface area contributed by atoms with Crippen LogP contribution in [0.25, 0.3) is 0 Å². The van der Waals surface area contributed by atoms with Crippen molar-refractivity contribution in [2.75, 3.05) is 19.6 Å². The number of rotatable bonds is 2. The largest absolute Gasteiger partial charge is 0.393 e. The van der Waals surface area contributed by atoms with E-state index in [9.17, 15) is 5.11 Å². The van der Waals surface area contributed by atoms with Gasteiger partial charge < -0.3 is 10.0 Å². The van der Waals surface area contributed by atoms with Gasteiger partial charge in [0.25, 0.3) is 0 Å². The fourth-order valence-corrected chi connectivity index (χ4v) is 3.64. The predicted molar refractivity (Wildman–Crippen MR) is 71.9 cm³/mol. The first-order valence-electron chi connectivity index (χ1n) is 7.28. The van der Waals surface area contributed by atoms with Crippen LogP contribution in [-0.2, 0) is 0 Å². The van der Waals surface area contributed by atoms with E-state index in [1.807, 2.05) is 0 Å². The molecule has 1 N–H and O–H groups in total. The van der Waals surface area contributed by atoms with Gasteiger partial charge in [-0.1, -0.05) is 27.7 Å². The summed E-state index contributed by atoms with van der Waals surface area (Å²) >= 11 is 0. The molecule has 0 aromatic heterocycles. The van der Waals surface area contributed by atoms with Crippen LogP contribution >= 0.6 is 0 Å². The standard InChI is InChI=1S/C15H29NO/c1-11-8-16(9-12(11)2)10-13-7-15(3,4)6-5-14(13)17/h11-14,17H,5-10H2,1-4H3. The Labute approximate surface area is 106 Å². The first-order chi connectivity index (χ1) is 7.87. The van der Waals surface area contributed by atoms with Crippen molar-refractivity contribution in [3.05, 3.63) is 0 Å². The summed E-state index contributed by atoms with van der Waals surface area (Å²) in [6.07, 6.45) is 3.30. The van der Waals surface area contributed by atoms with Crippen LogP contribution in [0.5, 0.6) is 0 Å². The monoisotopic (exact) mass is 239 g/mol. The van der Waals surface area contributed by atoms with Gasteiger partial charge in [-0.3, -0.25) is 0 Å². The molecule has 1 aliphatic heterocycles. The molecule has 4 unspecified atom stereocenters. The molecule has 100 valence electrons. The molecule has 17 heavy (non-hydrogen) atoms. The third-order valence-corrected chi connectivity index (χ3v) is 5.03. The topological polar surface area (TPSA) is 23.5 Å². The summed E-state index contributed by atoms with van der Waals surface area (Å²) in [5.41, 5.74) is 0.431. The Morgan fingerprint density at radius 1 is 1.18 bits per heavy atom. The Bertz CT molecular complexity index is 254. The van der Waals surface area contributed by atoms with Gasteiger partial charge >= 0.3 is 0 Å². The van der Waals surface area contributed by atoms with Gasteiger partial charge in [0.1, 0.15) is 0 Å². The summed E-state index contributed by atoms with van der Waals surface area (Å²) in [6, 6.07) is 0. The van der Waals surface area contributed by atoms with Crippen molar-refractivity contribution in [2.45, 2.75) is 53.1 Å². The maximum Gasteiger partial charge on any atom is 0.0581 e. The minimum atomic E-state index is -0.0609. The van der Waals surface area contributed by atoms with E-state index < -0.39 is 0 Å². The maximum atomic E-state index is 10.2. The molecule has 0 aromatic carbocycles. The molecule has 2 nitrogen and oxygen atoms in total. The van der Waals surface area contributed by atoms with E-state index in [0.29, 0.717) is 11.3 Å². The summed E-state index contributed by atoms with van der Waals surface area (Å²) in [5, 5.41) is 10.2. The lowest BCUT2D eigenvalue weighted by Crippen LogP contribution is -2.40. The van der Waals surface area contributed by atoms with E-state index in [2.05, 4.69) is 32.6 Å². The lowest BCUT2D eigenvalue weighted by Gasteiger charge is -2.40. The molecule has 1 heterocycles. The third kappa shape index (κ3) is 3.23. The van der Waals surface area contributed by atoms with Gasteiger partial charge in [-0.2, -0.15) is 0 Å². The molecule has 0 amide bonds. The zero-order chi connectivity index (χ0) is 12.6. The zero-order valence-electron chi connectivity index (χ0n) is 11.9. The second-order valence-corrected chi connectivity index (χ2v) is 7.41. The van der Waals surface area contributed by atoms with Gasteiger partial charge in [-0.15, -0.1) is 0 Å². The normalized spacial score (nSPS) is 42.9. The summed E-state index contributed by atoms with van der Waals surface area (Å²) < 4.78 is 0. The van der Waals surface area contributed by atoms with E-state index in [4.69, 9.17) is 0 Å². The molecule has 1 saturated carbocycles. The minimum Gasteiger partial charge on any atom is -0.393 e. The van der Waals surface area contributed by atoms with E-state index in [-0.39, 0.29) is 6.10 Å². The van der Waals surface area contributed by atoms with Gasteiger partial charge in [-0.25, -0.2) is 0 Å². The molecule has 4 atom stereocenters. The molecular formula is C15H29NO. The molecule has 0 spiro atoms. The SMILES string of the molecule is CC1CN(CC2CC(C)(C)CCC2O)CC1C. The molecule has 0 radical (unpaired) electrons. The number of hydrogen-bond acceptors (Lipinski definition) is 2. The number of likely N-dealkylation sites (tertiary alicyclic amines) is 1. The van der Waals surface area contributed by atoms with Crippen molar-refractivity contribution >= 4 is 0 Å². The highest BCUT2D eigenvalue weighted by atomic mass is 16.3. The molecule has 0 aromatic rings. The Hall–Kier alpha value is -0.0800. The van der Waals surface area contributed by atoms with Crippen molar-refractivity contribution < 1.29 is 5.11 Å². The number of hydrogen-bond donors (Lipinski definition) is 1. The number of aliphatic hydroxyl groups is 1. The van der Waals surface area contributed by atoms with E-state index >= 15 is 0 Å². The van der Waals surface area contributed by atoms with Crippen LogP contribution < -0.4 is 0 Å². The molecular weight excluding hydrogens is 210 g/mol. The Morgan fingerprint density at radius 3 is 2.35 bits per heavy atom. The highest BCUT2D eigenvalue weighted by molar-refractivity contribution is 4.88. The molecule has 1 aliphatic carbocycles. The van der Waals surface area contributed by atoms with Gasteiger partial charge in [0.15, 0.2) is 0 Å². The predicted octanol–water partition coefficient (Wildman–Crippen LogP) is 2.76. The summed E-state index contributed by atoms with van der Waals surface area (Å²) in [7, 11) is 0. The Kier molecular flexibility index (Phi) is 3.84. The van der Waals surface area contributed by atoms with E-state index in [1.165, 1.54) is 25.9 Å². The Balaban J connectivity index is 1.89. The van der Waals surface area contributed by atoms with Crippen molar-refractivity contribution in [1.82, 2.24) is 4.90 Å². The number of nitrogens with zero attached hydrogens (tertiary/aromatic N) is 1. The summed E-state index contributed by atoms with van der Waals surface area (Å²) in [4.78, 5) is 2.57. The fraction of sp³-hybridized carbons (Fsp3) is 1.00. The van der Waals surface area contributed by atoms with Crippen LogP contribution in [0.4, 0.5) is 0 Å². The highest BCUT2D eigenvalue weighted by Crippen LogP contribution is 2.39. The lowest BCUT2D eigenvalue weighted by atomic mass is 9.71. The van der Waals surface area contributed by atoms with Crippen LogP contribution in [-0.4, -0.2) is 35.7 Å². The first kappa shape index (κ1) is 13.4. The summed E-state index contributed by atoms with van der Waals surface area (Å²) in [6.45, 7) is 13.0. The van der Waals surface area contributed by atoms with Crippen LogP contribution in [0.2, 0.25) is 0 Å². The van der Waals surface area contributed by atoms with Crippen LogP contribution in [0.1, 0.15) is 47.0 Å². The molecule has 2 heteroatoms. The summed E-state index contributed by atoms with van der Waals surface area (Å²) in [5.74, 6) is 2.14. The average Bonchev–Trinajstić information content (AvgIpc) is 2.52. The van der Waals surface area contributed by atoms with Crippen LogP contribution in [0.3, 0.4) is 0 Å². The van der Waals surface area contributed by atoms with Crippen LogP contribution in [0, 0.1) is 23.2 Å². The molecule has 2 fully saturated rings. The van der Waals surface area contributed by atoms with Crippen molar-refractivity contribution in [2.24, 2.45) is 23.2 Å². The number of aliphatic hydroxyl groups excluding tert-OH is 1. The average molecular weight is 239 g/mol. The van der Waals surface area contributed by atoms with Crippen LogP contribution in [0.15, 0.2) is 0 Å². The lowest BCUT2D eigenvalue weighted by molar-refractivity contribution is 0.00674. The quantitative estimate of drug-likeness (QED) is 0.801. The third-order valence-electron chi connectivity index (χ3n) is 5.03. The second-order valence-electron chi connectivity index (χ2n) is 7.41. The van der Waals surface area contributed by atoms with Crippen molar-refractivity contribution in [1.29, 1.82) is 0 Å². The molecule has 2 rings (SSSR count). The Morgan fingerprint density at radius 2 is 1.76 bits per heavy atom. The fourth-order valence-electron chi connectivity index (χ4n) is 3.64. The molecule has 2 aliphatic rings. The van der Waals surface area contributed by atoms with Gasteiger partial charge in [0.05, 0.1) is 6.10 Å². The van der Waals surface area contributed by atoms with Gasteiger partial charge in [0.2, 0.25) is 0 Å². The minimum absolute atomic E-state index is 0.0609. The van der Waals surface area contributed by atoms with E-state index in [0.717, 1.165) is 24.8 Å². The van der Waals surface area contributed by atoms with Gasteiger partial charge in [-0.05, 0) is 42.4 Å². The van der Waals surface area contributed by atoms with E-state index in [1.54, 1.807) is 0 Å². The molecule has 0 bridgehead atoms. The van der Waals surface area contributed by atoms with Gasteiger partial charge in [0, 0.05) is 19.6 Å². The zero-order valence-corrected chi connectivity index (χ0v) is 11.9. The van der Waals surface area contributed by atoms with Crippen molar-refractivity contribution in [3.63, 3.8) is 0 Å². The second kappa shape index (κ2) is 4.89. The molecule has 1 saturated heterocycles. The first-order valence-corrected chi connectivity index (χ1v) is 7.28. The highest BCUT2D eigenvalue weighted by Gasteiger charge is 2.36. The van der Waals surface area contributed by atoms with Crippen molar-refractivity contribution in [3.8, 4) is 0 Å².